The van der Waals surface area contributed by atoms with Gasteiger partial charge in [0.05, 0.1) is 29.3 Å². The summed E-state index contributed by atoms with van der Waals surface area (Å²) in [6, 6.07) is 0.126. The van der Waals surface area contributed by atoms with E-state index in [1.54, 1.807) is 11.3 Å². The molecule has 2 fully saturated rings. The van der Waals surface area contributed by atoms with Crippen molar-refractivity contribution in [1.82, 2.24) is 14.8 Å². The number of carbonyl (C=O) groups excluding carboxylic acids is 1. The molecule has 6 heteroatoms. The maximum atomic E-state index is 12.5. The molecule has 0 unspecified atom stereocenters. The summed E-state index contributed by atoms with van der Waals surface area (Å²) in [7, 11) is 0. The minimum absolute atomic E-state index is 0.113. The highest BCUT2D eigenvalue weighted by molar-refractivity contribution is 7.11. The van der Waals surface area contributed by atoms with Crippen LogP contribution in [0.5, 0.6) is 0 Å². The fourth-order valence-corrected chi connectivity index (χ4v) is 4.32. The van der Waals surface area contributed by atoms with Crippen molar-refractivity contribution in [3.8, 4) is 0 Å². The van der Waals surface area contributed by atoms with Gasteiger partial charge in [-0.3, -0.25) is 9.69 Å². The van der Waals surface area contributed by atoms with Crippen LogP contribution in [0.2, 0.25) is 0 Å². The van der Waals surface area contributed by atoms with E-state index in [0.29, 0.717) is 19.5 Å². The number of amides is 1. The maximum Gasteiger partial charge on any atom is 0.228 e. The predicted molar refractivity (Wildman–Crippen MR) is 82.5 cm³/mol. The molecule has 1 N–H and O–H groups in total. The molecule has 2 aliphatic heterocycles. The maximum absolute atomic E-state index is 12.5. The smallest absolute Gasteiger partial charge is 0.228 e. The summed E-state index contributed by atoms with van der Waals surface area (Å²) in [5.74, 6) is 0.113. The number of likely N-dealkylation sites (tertiary alicyclic amines) is 2. The molecular weight excluding hydrogens is 286 g/mol. The zero-order chi connectivity index (χ0) is 15.0. The minimum atomic E-state index is -0.406. The average Bonchev–Trinajstić information content (AvgIpc) is 3.11. The van der Waals surface area contributed by atoms with Crippen LogP contribution in [-0.2, 0) is 11.2 Å². The Morgan fingerprint density at radius 1 is 1.33 bits per heavy atom. The molecule has 0 bridgehead atoms. The van der Waals surface area contributed by atoms with Crippen LogP contribution in [-0.4, -0.2) is 64.1 Å². The third-order valence-corrected chi connectivity index (χ3v) is 5.61. The second-order valence-electron chi connectivity index (χ2n) is 6.09. The van der Waals surface area contributed by atoms with Crippen molar-refractivity contribution < 1.29 is 9.90 Å². The average molecular weight is 309 g/mol. The van der Waals surface area contributed by atoms with Gasteiger partial charge in [-0.25, -0.2) is 4.98 Å². The summed E-state index contributed by atoms with van der Waals surface area (Å²) < 4.78 is 0. The van der Waals surface area contributed by atoms with E-state index in [4.69, 9.17) is 0 Å². The fourth-order valence-electron chi connectivity index (χ4n) is 3.39. The van der Waals surface area contributed by atoms with Gasteiger partial charge in [-0.2, -0.15) is 0 Å². The number of hydrogen-bond acceptors (Lipinski definition) is 5. The van der Waals surface area contributed by atoms with Crippen LogP contribution in [0.15, 0.2) is 0 Å². The van der Waals surface area contributed by atoms with E-state index in [1.165, 1.54) is 12.8 Å². The molecule has 2 saturated heterocycles. The molecule has 5 nitrogen and oxygen atoms in total. The first-order valence-electron chi connectivity index (χ1n) is 7.67. The second-order valence-corrected chi connectivity index (χ2v) is 7.38. The van der Waals surface area contributed by atoms with Crippen LogP contribution in [0.25, 0.3) is 0 Å². The number of carbonyl (C=O) groups is 1. The van der Waals surface area contributed by atoms with Crippen LogP contribution in [0.1, 0.15) is 28.4 Å². The Morgan fingerprint density at radius 2 is 2.05 bits per heavy atom. The Bertz CT molecular complexity index is 525. The van der Waals surface area contributed by atoms with Crippen LogP contribution in [0, 0.1) is 13.8 Å². The van der Waals surface area contributed by atoms with Crippen molar-refractivity contribution in [2.75, 3.05) is 26.2 Å². The van der Waals surface area contributed by atoms with E-state index in [0.717, 1.165) is 28.7 Å². The summed E-state index contributed by atoms with van der Waals surface area (Å²) in [5.41, 5.74) is 0.960. The molecule has 0 saturated carbocycles. The Kier molecular flexibility index (Phi) is 4.28. The normalized spacial score (nSPS) is 26.7. The quantitative estimate of drug-likeness (QED) is 0.904. The van der Waals surface area contributed by atoms with Gasteiger partial charge >= 0.3 is 0 Å². The number of β-amino-alcohol motifs (C(OH)–C–C–N with tert-alkyl or cyclic N) is 1. The first-order valence-corrected chi connectivity index (χ1v) is 8.49. The van der Waals surface area contributed by atoms with Gasteiger partial charge in [-0.15, -0.1) is 11.3 Å². The fraction of sp³-hybridized carbons (Fsp3) is 0.733. The van der Waals surface area contributed by atoms with E-state index in [2.05, 4.69) is 9.88 Å². The van der Waals surface area contributed by atoms with Gasteiger partial charge in [0.2, 0.25) is 5.91 Å². The Labute approximate surface area is 129 Å². The molecule has 116 valence electrons. The molecule has 21 heavy (non-hydrogen) atoms. The molecule has 1 aromatic heterocycles. The lowest BCUT2D eigenvalue weighted by molar-refractivity contribution is -0.129. The summed E-state index contributed by atoms with van der Waals surface area (Å²) in [5, 5.41) is 11.3. The number of thiazole rings is 1. The highest BCUT2D eigenvalue weighted by atomic mass is 32.1. The van der Waals surface area contributed by atoms with Crippen LogP contribution < -0.4 is 0 Å². The Morgan fingerprint density at radius 3 is 2.67 bits per heavy atom. The molecule has 1 aromatic rings. The number of aryl methyl sites for hydroxylation is 2. The molecular formula is C15H23N3O2S. The van der Waals surface area contributed by atoms with Gasteiger partial charge in [0.15, 0.2) is 0 Å². The molecule has 3 rings (SSSR count). The van der Waals surface area contributed by atoms with Crippen LogP contribution in [0.3, 0.4) is 0 Å². The van der Waals surface area contributed by atoms with Crippen LogP contribution in [0.4, 0.5) is 0 Å². The SMILES string of the molecule is Cc1nc(C)c(CC(=O)N2C[C@@H](O)[C@H](N3CCCC3)C2)s1. The van der Waals surface area contributed by atoms with Crippen molar-refractivity contribution in [1.29, 1.82) is 0 Å². The van der Waals surface area contributed by atoms with E-state index in [1.807, 2.05) is 18.7 Å². The van der Waals surface area contributed by atoms with Gasteiger partial charge in [0.25, 0.3) is 0 Å². The van der Waals surface area contributed by atoms with Gasteiger partial charge in [-0.05, 0) is 39.8 Å². The van der Waals surface area contributed by atoms with Gasteiger partial charge in [0.1, 0.15) is 0 Å². The first kappa shape index (κ1) is 14.9. The third-order valence-electron chi connectivity index (χ3n) is 4.53. The number of hydrogen-bond donors (Lipinski definition) is 1. The number of aliphatic hydroxyl groups is 1. The number of nitrogens with zero attached hydrogens (tertiary/aromatic N) is 3. The lowest BCUT2D eigenvalue weighted by Gasteiger charge is -2.25. The van der Waals surface area contributed by atoms with Gasteiger partial charge in [0, 0.05) is 18.0 Å². The largest absolute Gasteiger partial charge is 0.390 e. The molecule has 3 heterocycles. The standard InChI is InChI=1S/C15H23N3O2S/c1-10-14(21-11(2)16-10)7-15(20)18-8-12(13(19)9-18)17-5-3-4-6-17/h12-13,19H,3-9H2,1-2H3/t12-,13-/m1/s1. The summed E-state index contributed by atoms with van der Waals surface area (Å²) in [4.78, 5) is 22.0. The zero-order valence-electron chi connectivity index (χ0n) is 12.7. The van der Waals surface area contributed by atoms with Crippen molar-refractivity contribution in [3.63, 3.8) is 0 Å². The molecule has 0 radical (unpaired) electrons. The number of aliphatic hydroxyl groups excluding tert-OH is 1. The second kappa shape index (κ2) is 6.02. The Balaban J connectivity index is 1.62. The molecule has 0 aliphatic carbocycles. The summed E-state index contributed by atoms with van der Waals surface area (Å²) in [6.45, 7) is 7.16. The minimum Gasteiger partial charge on any atom is -0.390 e. The van der Waals surface area contributed by atoms with Crippen LogP contribution >= 0.6 is 11.3 Å². The number of aromatic nitrogens is 1. The third kappa shape index (κ3) is 3.12. The topological polar surface area (TPSA) is 56.7 Å². The van der Waals surface area contributed by atoms with E-state index in [9.17, 15) is 9.90 Å². The summed E-state index contributed by atoms with van der Waals surface area (Å²) in [6.07, 6.45) is 2.42. The number of rotatable bonds is 3. The van der Waals surface area contributed by atoms with E-state index in [-0.39, 0.29) is 11.9 Å². The molecule has 2 aliphatic rings. The predicted octanol–water partition coefficient (Wildman–Crippen LogP) is 0.970. The van der Waals surface area contributed by atoms with Crippen molar-refractivity contribution in [3.05, 3.63) is 15.6 Å². The lowest BCUT2D eigenvalue weighted by Crippen LogP contribution is -2.41. The highest BCUT2D eigenvalue weighted by Crippen LogP contribution is 2.23. The van der Waals surface area contributed by atoms with Gasteiger partial charge in [-0.1, -0.05) is 0 Å². The van der Waals surface area contributed by atoms with Gasteiger partial charge < -0.3 is 10.0 Å². The molecule has 0 aromatic carbocycles. The summed E-state index contributed by atoms with van der Waals surface area (Å²) >= 11 is 1.60. The monoisotopic (exact) mass is 309 g/mol. The Hall–Kier alpha value is -0.980. The van der Waals surface area contributed by atoms with Crippen molar-refractivity contribution >= 4 is 17.2 Å². The lowest BCUT2D eigenvalue weighted by atomic mass is 10.2. The van der Waals surface area contributed by atoms with E-state index >= 15 is 0 Å². The zero-order valence-corrected chi connectivity index (χ0v) is 13.5. The molecule has 0 spiro atoms. The molecule has 1 amide bonds. The van der Waals surface area contributed by atoms with E-state index < -0.39 is 6.10 Å². The first-order chi connectivity index (χ1) is 10.0. The highest BCUT2D eigenvalue weighted by Gasteiger charge is 2.38. The van der Waals surface area contributed by atoms with Crippen molar-refractivity contribution in [2.45, 2.75) is 45.3 Å². The van der Waals surface area contributed by atoms with Crippen molar-refractivity contribution in [2.24, 2.45) is 0 Å². The molecule has 2 atom stereocenters.